The minimum atomic E-state index is -0.343. The number of benzene rings is 2. The number of hydrogen-bond donors (Lipinski definition) is 1. The van der Waals surface area contributed by atoms with Gasteiger partial charge in [-0.15, -0.1) is 10.2 Å². The van der Waals surface area contributed by atoms with Crippen LogP contribution in [0.2, 0.25) is 0 Å². The van der Waals surface area contributed by atoms with Gasteiger partial charge in [-0.05, 0) is 48.5 Å². The highest BCUT2D eigenvalue weighted by Gasteiger charge is 2.18. The molecule has 0 fully saturated rings. The number of aromatic nitrogens is 4. The molecule has 0 saturated carbocycles. The van der Waals surface area contributed by atoms with Crippen LogP contribution in [0, 0.1) is 5.82 Å². The van der Waals surface area contributed by atoms with Crippen LogP contribution < -0.4 is 14.8 Å². The van der Waals surface area contributed by atoms with Crippen LogP contribution in [0.1, 0.15) is 0 Å². The summed E-state index contributed by atoms with van der Waals surface area (Å²) in [6.07, 6.45) is 3.31. The minimum absolute atomic E-state index is 0.101. The van der Waals surface area contributed by atoms with Gasteiger partial charge in [0.1, 0.15) is 5.82 Å². The maximum atomic E-state index is 13.5. The Labute approximate surface area is 186 Å². The summed E-state index contributed by atoms with van der Waals surface area (Å²) < 4.78 is 25.9. The highest BCUT2D eigenvalue weighted by molar-refractivity contribution is 7.99. The molecule has 160 valence electrons. The van der Waals surface area contributed by atoms with E-state index in [-0.39, 0.29) is 24.3 Å². The van der Waals surface area contributed by atoms with E-state index in [1.807, 2.05) is 12.1 Å². The SMILES string of the molecule is O=C(CSc1nnc(-c2ccncc2)n1-c1ccc(F)cc1)Nc1ccc2c(c1)OCO2. The predicted molar refractivity (Wildman–Crippen MR) is 116 cm³/mol. The lowest BCUT2D eigenvalue weighted by Gasteiger charge is -2.10. The Kier molecular flexibility index (Phi) is 5.42. The fourth-order valence-corrected chi connectivity index (χ4v) is 3.93. The number of nitrogens with one attached hydrogen (secondary N) is 1. The van der Waals surface area contributed by atoms with Gasteiger partial charge in [-0.3, -0.25) is 14.3 Å². The Hall–Kier alpha value is -3.92. The van der Waals surface area contributed by atoms with Crippen molar-refractivity contribution in [3.05, 3.63) is 72.8 Å². The zero-order valence-corrected chi connectivity index (χ0v) is 17.4. The van der Waals surface area contributed by atoms with Gasteiger partial charge in [-0.1, -0.05) is 11.8 Å². The summed E-state index contributed by atoms with van der Waals surface area (Å²) in [5.41, 5.74) is 2.09. The first-order chi connectivity index (χ1) is 15.7. The zero-order valence-electron chi connectivity index (χ0n) is 16.6. The Balaban J connectivity index is 1.37. The molecule has 2 aromatic heterocycles. The van der Waals surface area contributed by atoms with Crippen molar-refractivity contribution in [2.45, 2.75) is 5.16 Å². The van der Waals surface area contributed by atoms with Crippen molar-refractivity contribution in [1.82, 2.24) is 19.7 Å². The van der Waals surface area contributed by atoms with E-state index in [9.17, 15) is 9.18 Å². The summed E-state index contributed by atoms with van der Waals surface area (Å²) >= 11 is 1.23. The first kappa shape index (κ1) is 20.0. The number of anilines is 1. The van der Waals surface area contributed by atoms with E-state index >= 15 is 0 Å². The number of carbonyl (C=O) groups is 1. The average molecular weight is 449 g/mol. The van der Waals surface area contributed by atoms with Crippen molar-refractivity contribution >= 4 is 23.4 Å². The van der Waals surface area contributed by atoms with Gasteiger partial charge in [-0.25, -0.2) is 4.39 Å². The summed E-state index contributed by atoms with van der Waals surface area (Å²) in [5.74, 6) is 1.35. The van der Waals surface area contributed by atoms with Crippen LogP contribution in [0.4, 0.5) is 10.1 Å². The monoisotopic (exact) mass is 449 g/mol. The summed E-state index contributed by atoms with van der Waals surface area (Å²) in [4.78, 5) is 16.6. The van der Waals surface area contributed by atoms with E-state index in [1.54, 1.807) is 47.3 Å². The molecule has 0 radical (unpaired) electrons. The molecule has 1 aliphatic rings. The molecule has 5 rings (SSSR count). The largest absolute Gasteiger partial charge is 0.454 e. The number of carbonyl (C=O) groups excluding carboxylic acids is 1. The normalized spacial score (nSPS) is 12.0. The fraction of sp³-hybridized carbons (Fsp3) is 0.0909. The quantitative estimate of drug-likeness (QED) is 0.446. The number of hydrogen-bond acceptors (Lipinski definition) is 7. The second kappa shape index (κ2) is 8.67. The molecule has 0 spiro atoms. The number of amides is 1. The molecule has 1 amide bonds. The van der Waals surface area contributed by atoms with Crippen LogP contribution in [0.3, 0.4) is 0 Å². The second-order valence-electron chi connectivity index (χ2n) is 6.76. The average Bonchev–Trinajstić information content (AvgIpc) is 3.45. The summed E-state index contributed by atoms with van der Waals surface area (Å²) in [6, 6.07) is 14.8. The highest BCUT2D eigenvalue weighted by atomic mass is 32.2. The predicted octanol–water partition coefficient (Wildman–Crippen LogP) is 3.93. The lowest BCUT2D eigenvalue weighted by atomic mass is 10.2. The van der Waals surface area contributed by atoms with E-state index in [4.69, 9.17) is 9.47 Å². The lowest BCUT2D eigenvalue weighted by molar-refractivity contribution is -0.113. The molecule has 3 heterocycles. The van der Waals surface area contributed by atoms with Crippen molar-refractivity contribution in [3.63, 3.8) is 0 Å². The Morgan fingerprint density at radius 1 is 1.03 bits per heavy atom. The number of nitrogens with zero attached hydrogens (tertiary/aromatic N) is 4. The molecule has 2 aromatic carbocycles. The van der Waals surface area contributed by atoms with Crippen LogP contribution in [0.5, 0.6) is 11.5 Å². The van der Waals surface area contributed by atoms with E-state index in [2.05, 4.69) is 20.5 Å². The van der Waals surface area contributed by atoms with Crippen molar-refractivity contribution in [2.75, 3.05) is 17.9 Å². The molecule has 0 atom stereocenters. The topological polar surface area (TPSA) is 91.2 Å². The number of rotatable bonds is 6. The molecule has 0 bridgehead atoms. The van der Waals surface area contributed by atoms with Crippen molar-refractivity contribution in [3.8, 4) is 28.6 Å². The first-order valence-electron chi connectivity index (χ1n) is 9.61. The summed E-state index contributed by atoms with van der Waals surface area (Å²) in [7, 11) is 0. The minimum Gasteiger partial charge on any atom is -0.454 e. The maximum Gasteiger partial charge on any atom is 0.234 e. The van der Waals surface area contributed by atoms with Gasteiger partial charge < -0.3 is 14.8 Å². The maximum absolute atomic E-state index is 13.5. The third kappa shape index (κ3) is 4.12. The molecule has 0 aliphatic carbocycles. The summed E-state index contributed by atoms with van der Waals surface area (Å²) in [6.45, 7) is 0.168. The Bertz CT molecular complexity index is 1260. The first-order valence-corrected chi connectivity index (χ1v) is 10.6. The van der Waals surface area contributed by atoms with Gasteiger partial charge in [0.2, 0.25) is 12.7 Å². The number of ether oxygens (including phenoxy) is 2. The van der Waals surface area contributed by atoms with Crippen LogP contribution in [-0.4, -0.2) is 38.2 Å². The van der Waals surface area contributed by atoms with Crippen LogP contribution in [0.15, 0.2) is 72.1 Å². The Morgan fingerprint density at radius 3 is 2.62 bits per heavy atom. The number of fused-ring (bicyclic) bond motifs is 1. The van der Waals surface area contributed by atoms with Crippen molar-refractivity contribution in [1.29, 1.82) is 0 Å². The van der Waals surface area contributed by atoms with Crippen LogP contribution in [0.25, 0.3) is 17.1 Å². The van der Waals surface area contributed by atoms with Crippen LogP contribution in [-0.2, 0) is 4.79 Å². The molecular formula is C22H16FN5O3S. The van der Waals surface area contributed by atoms with Gasteiger partial charge in [0.25, 0.3) is 0 Å². The third-order valence-electron chi connectivity index (χ3n) is 4.65. The zero-order chi connectivity index (χ0) is 21.9. The fourth-order valence-electron chi connectivity index (χ4n) is 3.18. The smallest absolute Gasteiger partial charge is 0.234 e. The molecule has 10 heteroatoms. The van der Waals surface area contributed by atoms with E-state index < -0.39 is 0 Å². The third-order valence-corrected chi connectivity index (χ3v) is 5.57. The molecule has 1 aliphatic heterocycles. The van der Waals surface area contributed by atoms with E-state index in [1.165, 1.54) is 23.9 Å². The molecule has 32 heavy (non-hydrogen) atoms. The molecule has 1 N–H and O–H groups in total. The van der Waals surface area contributed by atoms with Gasteiger partial charge in [-0.2, -0.15) is 0 Å². The number of thioether (sulfide) groups is 1. The molecular weight excluding hydrogens is 433 g/mol. The highest BCUT2D eigenvalue weighted by Crippen LogP contribution is 2.34. The number of halogens is 1. The van der Waals surface area contributed by atoms with E-state index in [0.717, 1.165) is 5.56 Å². The number of pyridine rings is 1. The van der Waals surface area contributed by atoms with Gasteiger partial charge >= 0.3 is 0 Å². The standard InChI is InChI=1S/C22H16FN5O3S/c23-15-1-4-17(5-2-15)28-21(14-7-9-24-10-8-14)26-27-22(28)32-12-20(29)25-16-3-6-18-19(11-16)31-13-30-18/h1-11H,12-13H2,(H,25,29). The van der Waals surface area contributed by atoms with Crippen molar-refractivity contribution in [2.24, 2.45) is 0 Å². The van der Waals surface area contributed by atoms with Gasteiger partial charge in [0.05, 0.1) is 5.75 Å². The van der Waals surface area contributed by atoms with Gasteiger partial charge in [0.15, 0.2) is 22.5 Å². The lowest BCUT2D eigenvalue weighted by Crippen LogP contribution is -2.14. The molecule has 8 nitrogen and oxygen atoms in total. The van der Waals surface area contributed by atoms with Crippen LogP contribution >= 0.6 is 11.8 Å². The van der Waals surface area contributed by atoms with E-state index in [0.29, 0.717) is 33.9 Å². The van der Waals surface area contributed by atoms with Crippen molar-refractivity contribution < 1.29 is 18.7 Å². The molecule has 4 aromatic rings. The van der Waals surface area contributed by atoms with Gasteiger partial charge in [0, 0.05) is 35.4 Å². The Morgan fingerprint density at radius 2 is 1.81 bits per heavy atom. The summed E-state index contributed by atoms with van der Waals surface area (Å²) in [5, 5.41) is 11.9. The molecule has 0 saturated heterocycles. The molecule has 0 unspecified atom stereocenters. The second-order valence-corrected chi connectivity index (χ2v) is 7.70.